The number of hydrogen-bond donors (Lipinski definition) is 1. The summed E-state index contributed by atoms with van der Waals surface area (Å²) in [7, 11) is 0. The summed E-state index contributed by atoms with van der Waals surface area (Å²) in [6, 6.07) is 9.95. The molecule has 2 heterocycles. The molecule has 2 aliphatic rings. The molecule has 2 heteroatoms. The molecule has 0 aliphatic carbocycles. The van der Waals surface area contributed by atoms with Crippen molar-refractivity contribution in [2.75, 3.05) is 0 Å². The minimum Gasteiger partial charge on any atom is -0.311 e. The first-order chi connectivity index (χ1) is 10.1. The molecule has 0 amide bonds. The number of benzene rings is 1. The summed E-state index contributed by atoms with van der Waals surface area (Å²) >= 11 is 0. The fourth-order valence-electron chi connectivity index (χ4n) is 3.98. The van der Waals surface area contributed by atoms with Crippen molar-refractivity contribution >= 4 is 5.78 Å². The molecule has 2 atom stereocenters. The smallest absolute Gasteiger partial charge is 0.137 e. The van der Waals surface area contributed by atoms with Crippen LogP contribution in [0.5, 0.6) is 0 Å². The number of Topliss-reactive ketones (excluding diaryl/α,β-unsaturated/α-hetero) is 1. The number of piperidine rings is 1. The highest BCUT2D eigenvalue weighted by Crippen LogP contribution is 2.33. The molecule has 1 aromatic carbocycles. The van der Waals surface area contributed by atoms with E-state index in [4.69, 9.17) is 0 Å². The van der Waals surface area contributed by atoms with E-state index >= 15 is 0 Å². The SMILES string of the molecule is CC(C)c1ccc(CC(=O)CC2CC3CCC(C2)N3)cc1. The summed E-state index contributed by atoms with van der Waals surface area (Å²) in [6.45, 7) is 4.40. The van der Waals surface area contributed by atoms with Gasteiger partial charge in [0.25, 0.3) is 0 Å². The van der Waals surface area contributed by atoms with Gasteiger partial charge in [-0.2, -0.15) is 0 Å². The van der Waals surface area contributed by atoms with Crippen LogP contribution in [0.15, 0.2) is 24.3 Å². The molecule has 0 aromatic heterocycles. The molecule has 2 unspecified atom stereocenters. The van der Waals surface area contributed by atoms with Gasteiger partial charge >= 0.3 is 0 Å². The highest BCUT2D eigenvalue weighted by molar-refractivity contribution is 5.81. The Labute approximate surface area is 128 Å². The molecule has 0 spiro atoms. The molecule has 21 heavy (non-hydrogen) atoms. The Bertz CT molecular complexity index is 479. The van der Waals surface area contributed by atoms with Gasteiger partial charge in [-0.1, -0.05) is 38.1 Å². The van der Waals surface area contributed by atoms with Crippen LogP contribution < -0.4 is 5.32 Å². The summed E-state index contributed by atoms with van der Waals surface area (Å²) in [5.74, 6) is 1.59. The van der Waals surface area contributed by atoms with Crippen molar-refractivity contribution in [3.05, 3.63) is 35.4 Å². The van der Waals surface area contributed by atoms with Gasteiger partial charge in [0.05, 0.1) is 0 Å². The van der Waals surface area contributed by atoms with Crippen LogP contribution >= 0.6 is 0 Å². The first-order valence-corrected chi connectivity index (χ1v) is 8.46. The Kier molecular flexibility index (Phi) is 4.44. The first kappa shape index (κ1) is 14.8. The zero-order chi connectivity index (χ0) is 14.8. The van der Waals surface area contributed by atoms with Crippen molar-refractivity contribution in [3.63, 3.8) is 0 Å². The van der Waals surface area contributed by atoms with E-state index < -0.39 is 0 Å². The number of rotatable bonds is 5. The molecule has 2 bridgehead atoms. The van der Waals surface area contributed by atoms with Crippen LogP contribution in [0.1, 0.15) is 63.0 Å². The van der Waals surface area contributed by atoms with Crippen LogP contribution in [-0.2, 0) is 11.2 Å². The third-order valence-corrected chi connectivity index (χ3v) is 5.13. The Morgan fingerprint density at radius 3 is 2.33 bits per heavy atom. The summed E-state index contributed by atoms with van der Waals surface area (Å²) in [5.41, 5.74) is 2.52. The number of hydrogen-bond acceptors (Lipinski definition) is 2. The fourth-order valence-corrected chi connectivity index (χ4v) is 3.98. The molecule has 2 aliphatic heterocycles. The Morgan fingerprint density at radius 2 is 1.76 bits per heavy atom. The summed E-state index contributed by atoms with van der Waals surface area (Å²) in [4.78, 5) is 12.3. The van der Waals surface area contributed by atoms with Gasteiger partial charge in [-0.25, -0.2) is 0 Å². The number of nitrogens with one attached hydrogen (secondary N) is 1. The molecule has 3 rings (SSSR count). The lowest BCUT2D eigenvalue weighted by Crippen LogP contribution is -2.38. The number of fused-ring (bicyclic) bond motifs is 2. The van der Waals surface area contributed by atoms with E-state index in [1.807, 2.05) is 0 Å². The van der Waals surface area contributed by atoms with Crippen molar-refractivity contribution in [1.82, 2.24) is 5.32 Å². The van der Waals surface area contributed by atoms with Gasteiger partial charge in [-0.3, -0.25) is 4.79 Å². The van der Waals surface area contributed by atoms with Crippen molar-refractivity contribution in [2.24, 2.45) is 5.92 Å². The highest BCUT2D eigenvalue weighted by atomic mass is 16.1. The van der Waals surface area contributed by atoms with Crippen LogP contribution in [0.2, 0.25) is 0 Å². The monoisotopic (exact) mass is 285 g/mol. The minimum atomic E-state index is 0.415. The van der Waals surface area contributed by atoms with E-state index in [9.17, 15) is 4.79 Å². The topological polar surface area (TPSA) is 29.1 Å². The van der Waals surface area contributed by atoms with E-state index in [0.29, 0.717) is 36.1 Å². The Hall–Kier alpha value is -1.15. The first-order valence-electron chi connectivity index (χ1n) is 8.46. The zero-order valence-electron chi connectivity index (χ0n) is 13.3. The second-order valence-corrected chi connectivity index (χ2v) is 7.29. The molecule has 1 N–H and O–H groups in total. The predicted molar refractivity (Wildman–Crippen MR) is 86.5 cm³/mol. The lowest BCUT2D eigenvalue weighted by Gasteiger charge is -2.28. The summed E-state index contributed by atoms with van der Waals surface area (Å²) in [6.07, 6.45) is 6.42. The van der Waals surface area contributed by atoms with E-state index in [-0.39, 0.29) is 0 Å². The molecule has 2 nitrogen and oxygen atoms in total. The Balaban J connectivity index is 1.52. The normalized spacial score (nSPS) is 28.0. The van der Waals surface area contributed by atoms with Gasteiger partial charge in [0, 0.05) is 24.9 Å². The lowest BCUT2D eigenvalue weighted by molar-refractivity contribution is -0.119. The largest absolute Gasteiger partial charge is 0.311 e. The van der Waals surface area contributed by atoms with Gasteiger partial charge < -0.3 is 5.32 Å². The van der Waals surface area contributed by atoms with E-state index in [1.54, 1.807) is 0 Å². The van der Waals surface area contributed by atoms with Gasteiger partial charge in [0.1, 0.15) is 5.78 Å². The quantitative estimate of drug-likeness (QED) is 0.890. The zero-order valence-corrected chi connectivity index (χ0v) is 13.3. The maximum Gasteiger partial charge on any atom is 0.137 e. The predicted octanol–water partition coefficient (Wildman–Crippen LogP) is 3.84. The standard InChI is InChI=1S/C19H27NO/c1-13(2)16-5-3-14(4-6-16)11-19(21)12-15-9-17-7-8-18(10-15)20-17/h3-6,13,15,17-18,20H,7-12H2,1-2H3. The Morgan fingerprint density at radius 1 is 1.14 bits per heavy atom. The average molecular weight is 285 g/mol. The fraction of sp³-hybridized carbons (Fsp3) is 0.632. The van der Waals surface area contributed by atoms with Crippen molar-refractivity contribution in [1.29, 1.82) is 0 Å². The van der Waals surface area contributed by atoms with Gasteiger partial charge in [-0.05, 0) is 48.6 Å². The van der Waals surface area contributed by atoms with Crippen molar-refractivity contribution < 1.29 is 4.79 Å². The van der Waals surface area contributed by atoms with E-state index in [0.717, 1.165) is 6.42 Å². The summed E-state index contributed by atoms with van der Waals surface area (Å²) in [5, 5.41) is 3.65. The van der Waals surface area contributed by atoms with Crippen LogP contribution in [0, 0.1) is 5.92 Å². The molecular weight excluding hydrogens is 258 g/mol. The molecule has 2 saturated heterocycles. The van der Waals surface area contributed by atoms with Crippen LogP contribution in [-0.4, -0.2) is 17.9 Å². The van der Waals surface area contributed by atoms with E-state index in [1.165, 1.54) is 36.8 Å². The molecule has 114 valence electrons. The van der Waals surface area contributed by atoms with E-state index in [2.05, 4.69) is 43.4 Å². The molecular formula is C19H27NO. The number of carbonyl (C=O) groups is 1. The number of ketones is 1. The third kappa shape index (κ3) is 3.74. The second kappa shape index (κ2) is 6.31. The third-order valence-electron chi connectivity index (χ3n) is 5.13. The minimum absolute atomic E-state index is 0.415. The average Bonchev–Trinajstić information content (AvgIpc) is 2.78. The lowest BCUT2D eigenvalue weighted by atomic mass is 9.87. The second-order valence-electron chi connectivity index (χ2n) is 7.29. The van der Waals surface area contributed by atoms with Crippen molar-refractivity contribution in [2.45, 2.75) is 70.4 Å². The maximum atomic E-state index is 12.3. The van der Waals surface area contributed by atoms with Crippen LogP contribution in [0.4, 0.5) is 0 Å². The molecule has 1 aromatic rings. The van der Waals surface area contributed by atoms with Gasteiger partial charge in [0.15, 0.2) is 0 Å². The van der Waals surface area contributed by atoms with Gasteiger partial charge in [-0.15, -0.1) is 0 Å². The van der Waals surface area contributed by atoms with Crippen LogP contribution in [0.3, 0.4) is 0 Å². The highest BCUT2D eigenvalue weighted by Gasteiger charge is 2.33. The summed E-state index contributed by atoms with van der Waals surface area (Å²) < 4.78 is 0. The molecule has 0 radical (unpaired) electrons. The van der Waals surface area contributed by atoms with Gasteiger partial charge in [0.2, 0.25) is 0 Å². The molecule has 0 saturated carbocycles. The van der Waals surface area contributed by atoms with Crippen molar-refractivity contribution in [3.8, 4) is 0 Å². The molecule has 2 fully saturated rings. The maximum absolute atomic E-state index is 12.3. The van der Waals surface area contributed by atoms with Crippen LogP contribution in [0.25, 0.3) is 0 Å². The number of carbonyl (C=O) groups excluding carboxylic acids is 1.